The van der Waals surface area contributed by atoms with Crippen LogP contribution in [0.3, 0.4) is 0 Å². The lowest BCUT2D eigenvalue weighted by Gasteiger charge is -2.34. The molecule has 0 atom stereocenters. The third-order valence-corrected chi connectivity index (χ3v) is 5.74. The molecule has 1 fully saturated rings. The summed E-state index contributed by atoms with van der Waals surface area (Å²) in [7, 11) is 0. The van der Waals surface area contributed by atoms with E-state index < -0.39 is 0 Å². The number of carbonyl (C=O) groups excluding carboxylic acids is 1. The third-order valence-electron chi connectivity index (χ3n) is 5.74. The summed E-state index contributed by atoms with van der Waals surface area (Å²) in [5, 5.41) is 0. The zero-order valence-electron chi connectivity index (χ0n) is 17.3. The van der Waals surface area contributed by atoms with E-state index in [1.54, 1.807) is 29.4 Å². The molecule has 8 heteroatoms. The first-order valence-corrected chi connectivity index (χ1v) is 10.6. The van der Waals surface area contributed by atoms with Crippen molar-refractivity contribution >= 4 is 11.9 Å². The molecular formula is C23H25N5O3. The molecule has 5 rings (SSSR count). The van der Waals surface area contributed by atoms with Gasteiger partial charge in [0.1, 0.15) is 12.4 Å². The van der Waals surface area contributed by atoms with Crippen molar-refractivity contribution in [1.29, 1.82) is 0 Å². The molecule has 1 aromatic carbocycles. The highest BCUT2D eigenvalue weighted by Crippen LogP contribution is 2.26. The highest BCUT2D eigenvalue weighted by atomic mass is 16.5. The highest BCUT2D eigenvalue weighted by Gasteiger charge is 2.24. The topological polar surface area (TPSA) is 74.9 Å². The molecule has 0 bridgehead atoms. The predicted molar refractivity (Wildman–Crippen MR) is 115 cm³/mol. The number of furan rings is 1. The molecule has 2 aliphatic heterocycles. The summed E-state index contributed by atoms with van der Waals surface area (Å²) in [6, 6.07) is 11.6. The number of benzene rings is 1. The minimum absolute atomic E-state index is 0.105. The van der Waals surface area contributed by atoms with Crippen molar-refractivity contribution in [2.24, 2.45) is 0 Å². The molecule has 0 saturated carbocycles. The van der Waals surface area contributed by atoms with E-state index in [2.05, 4.69) is 31.9 Å². The maximum Gasteiger partial charge on any atom is 0.289 e. The number of hydrogen-bond acceptors (Lipinski definition) is 7. The van der Waals surface area contributed by atoms with Crippen molar-refractivity contribution in [2.45, 2.75) is 13.1 Å². The largest absolute Gasteiger partial charge is 0.491 e. The van der Waals surface area contributed by atoms with E-state index >= 15 is 0 Å². The summed E-state index contributed by atoms with van der Waals surface area (Å²) in [4.78, 5) is 27.9. The number of carbonyl (C=O) groups is 1. The molecule has 0 radical (unpaired) electrons. The number of anilines is 1. The Kier molecular flexibility index (Phi) is 5.54. The summed E-state index contributed by atoms with van der Waals surface area (Å²) in [6.45, 7) is 6.11. The Bertz CT molecular complexity index is 1020. The molecule has 0 N–H and O–H groups in total. The van der Waals surface area contributed by atoms with Crippen LogP contribution in [0.15, 0.2) is 59.5 Å². The number of fused-ring (bicyclic) bond motifs is 1. The number of hydrogen-bond donors (Lipinski definition) is 0. The smallest absolute Gasteiger partial charge is 0.289 e. The van der Waals surface area contributed by atoms with Crippen molar-refractivity contribution in [2.75, 3.05) is 44.2 Å². The Morgan fingerprint density at radius 2 is 1.84 bits per heavy atom. The van der Waals surface area contributed by atoms with Gasteiger partial charge >= 0.3 is 0 Å². The van der Waals surface area contributed by atoms with Crippen molar-refractivity contribution in [3.63, 3.8) is 0 Å². The number of nitrogens with zero attached hydrogens (tertiary/aromatic N) is 5. The summed E-state index contributed by atoms with van der Waals surface area (Å²) in [5.74, 6) is 1.90. The minimum Gasteiger partial charge on any atom is -0.491 e. The molecule has 1 saturated heterocycles. The molecule has 8 nitrogen and oxygen atoms in total. The number of amides is 1. The first kappa shape index (κ1) is 19.6. The molecule has 0 unspecified atom stereocenters. The monoisotopic (exact) mass is 419 g/mol. The first-order valence-electron chi connectivity index (χ1n) is 10.6. The van der Waals surface area contributed by atoms with Crippen LogP contribution < -0.4 is 9.64 Å². The zero-order valence-corrected chi connectivity index (χ0v) is 17.3. The second kappa shape index (κ2) is 8.77. The number of ether oxygens (including phenoxy) is 1. The molecule has 4 heterocycles. The van der Waals surface area contributed by atoms with Crippen LogP contribution in [0.5, 0.6) is 5.75 Å². The Morgan fingerprint density at radius 3 is 2.61 bits per heavy atom. The Balaban J connectivity index is 1.24. The maximum absolute atomic E-state index is 12.7. The first-order chi connectivity index (χ1) is 15.3. The van der Waals surface area contributed by atoms with Crippen LogP contribution >= 0.6 is 0 Å². The SMILES string of the molecule is O=C(c1ccco1)N1CCOc2ccc(CN3CCN(c4ncccn4)CC3)cc2C1. The van der Waals surface area contributed by atoms with E-state index in [1.807, 2.05) is 12.1 Å². The van der Waals surface area contributed by atoms with Gasteiger partial charge < -0.3 is 19.0 Å². The Morgan fingerprint density at radius 1 is 1.00 bits per heavy atom. The normalized spacial score (nSPS) is 17.0. The molecule has 160 valence electrons. The molecular weight excluding hydrogens is 394 g/mol. The van der Waals surface area contributed by atoms with Gasteiger partial charge in [-0.25, -0.2) is 9.97 Å². The Labute approximate surface area is 181 Å². The molecule has 3 aromatic rings. The lowest BCUT2D eigenvalue weighted by atomic mass is 10.1. The van der Waals surface area contributed by atoms with E-state index in [0.717, 1.165) is 50.0 Å². The predicted octanol–water partition coefficient (Wildman–Crippen LogP) is 2.43. The molecule has 1 amide bonds. The van der Waals surface area contributed by atoms with E-state index in [0.29, 0.717) is 25.5 Å². The second-order valence-corrected chi connectivity index (χ2v) is 7.81. The quantitative estimate of drug-likeness (QED) is 0.643. The lowest BCUT2D eigenvalue weighted by molar-refractivity contribution is 0.0701. The highest BCUT2D eigenvalue weighted by molar-refractivity contribution is 5.91. The van der Waals surface area contributed by atoms with Crippen LogP contribution in [0.4, 0.5) is 5.95 Å². The van der Waals surface area contributed by atoms with Crippen molar-refractivity contribution in [1.82, 2.24) is 19.8 Å². The van der Waals surface area contributed by atoms with Gasteiger partial charge in [-0.2, -0.15) is 0 Å². The molecule has 0 aliphatic carbocycles. The fourth-order valence-corrected chi connectivity index (χ4v) is 4.09. The summed E-state index contributed by atoms with van der Waals surface area (Å²) < 4.78 is 11.2. The second-order valence-electron chi connectivity index (χ2n) is 7.81. The number of aromatic nitrogens is 2. The van der Waals surface area contributed by atoms with E-state index in [9.17, 15) is 4.79 Å². The van der Waals surface area contributed by atoms with E-state index in [1.165, 1.54) is 11.8 Å². The molecule has 2 aliphatic rings. The van der Waals surface area contributed by atoms with Gasteiger partial charge in [0.05, 0.1) is 12.8 Å². The van der Waals surface area contributed by atoms with Crippen LogP contribution in [-0.2, 0) is 13.1 Å². The minimum atomic E-state index is -0.105. The fraction of sp³-hybridized carbons (Fsp3) is 0.348. The maximum atomic E-state index is 12.7. The number of rotatable bonds is 4. The number of piperazine rings is 1. The van der Waals surface area contributed by atoms with Crippen LogP contribution in [-0.4, -0.2) is 65.0 Å². The van der Waals surface area contributed by atoms with Crippen LogP contribution in [0, 0.1) is 0 Å². The molecule has 2 aromatic heterocycles. The van der Waals surface area contributed by atoms with Crippen molar-refractivity contribution in [3.05, 3.63) is 71.9 Å². The summed E-state index contributed by atoms with van der Waals surface area (Å²) in [6.07, 6.45) is 5.09. The van der Waals surface area contributed by atoms with Gasteiger partial charge in [-0.3, -0.25) is 9.69 Å². The summed E-state index contributed by atoms with van der Waals surface area (Å²) >= 11 is 0. The van der Waals surface area contributed by atoms with Crippen LogP contribution in [0.2, 0.25) is 0 Å². The molecule has 31 heavy (non-hydrogen) atoms. The van der Waals surface area contributed by atoms with Crippen LogP contribution in [0.25, 0.3) is 0 Å². The Hall–Kier alpha value is -3.39. The zero-order chi connectivity index (χ0) is 21.0. The van der Waals surface area contributed by atoms with Gasteiger partial charge in [0.2, 0.25) is 5.95 Å². The summed E-state index contributed by atoms with van der Waals surface area (Å²) in [5.41, 5.74) is 2.25. The fourth-order valence-electron chi connectivity index (χ4n) is 4.09. The van der Waals surface area contributed by atoms with Gasteiger partial charge in [0.15, 0.2) is 5.76 Å². The van der Waals surface area contributed by atoms with Gasteiger partial charge in [-0.05, 0) is 35.9 Å². The van der Waals surface area contributed by atoms with Crippen molar-refractivity contribution in [3.8, 4) is 5.75 Å². The van der Waals surface area contributed by atoms with Crippen molar-refractivity contribution < 1.29 is 13.9 Å². The third kappa shape index (κ3) is 4.39. The standard InChI is InChI=1S/C23H25N5O3/c29-22(21-3-1-13-30-21)28-12-14-31-20-5-4-18(15-19(20)17-28)16-26-8-10-27(11-9-26)23-24-6-2-7-25-23/h1-7,13,15H,8-12,14,16-17H2. The lowest BCUT2D eigenvalue weighted by Crippen LogP contribution is -2.46. The van der Waals surface area contributed by atoms with Gasteiger partial charge in [0.25, 0.3) is 5.91 Å². The van der Waals surface area contributed by atoms with Gasteiger partial charge in [-0.1, -0.05) is 6.07 Å². The van der Waals surface area contributed by atoms with E-state index in [-0.39, 0.29) is 5.91 Å². The molecule has 0 spiro atoms. The van der Waals surface area contributed by atoms with E-state index in [4.69, 9.17) is 9.15 Å². The van der Waals surface area contributed by atoms with Gasteiger partial charge in [-0.15, -0.1) is 0 Å². The average molecular weight is 419 g/mol. The van der Waals surface area contributed by atoms with Gasteiger partial charge in [0, 0.05) is 57.2 Å². The van der Waals surface area contributed by atoms with Crippen LogP contribution in [0.1, 0.15) is 21.7 Å². The average Bonchev–Trinajstić information content (AvgIpc) is 3.27.